The quantitative estimate of drug-likeness (QED) is 0.0865. The third-order valence-electron chi connectivity index (χ3n) is 12.5. The summed E-state index contributed by atoms with van der Waals surface area (Å²) in [5, 5.41) is 2.83. The smallest absolute Gasteiger partial charge is 0.416 e. The fourth-order valence-corrected chi connectivity index (χ4v) is 10.6. The molecule has 71 heavy (non-hydrogen) atoms. The molecule has 0 aliphatic carbocycles. The maximum Gasteiger partial charge on any atom is 0.416 e. The zero-order chi connectivity index (χ0) is 49.7. The maximum atomic E-state index is 16.0. The Morgan fingerprint density at radius 2 is 1.32 bits per heavy atom. The summed E-state index contributed by atoms with van der Waals surface area (Å²) in [6, 6.07) is 61.8. The molecule has 0 N–H and O–H groups in total. The normalized spacial score (nSPS) is 12.1. The predicted molar refractivity (Wildman–Crippen MR) is 279 cm³/mol. The Bertz CT molecular complexity index is 3720. The number of para-hydroxylation sites is 1. The monoisotopic (exact) mass is 1140 g/mol. The van der Waals surface area contributed by atoms with Crippen LogP contribution in [0.1, 0.15) is 32.2 Å². The van der Waals surface area contributed by atoms with Crippen molar-refractivity contribution in [2.75, 3.05) is 0 Å². The Hall–Kier alpha value is -7.23. The van der Waals surface area contributed by atoms with Crippen LogP contribution in [-0.4, -0.2) is 22.6 Å². The number of pyridine rings is 1. The second kappa shape index (κ2) is 19.9. The summed E-state index contributed by atoms with van der Waals surface area (Å²) >= 11 is 0. The number of benzene rings is 8. The summed E-state index contributed by atoms with van der Waals surface area (Å²) in [5.41, 5.74) is 10.6. The van der Waals surface area contributed by atoms with Crippen molar-refractivity contribution in [1.82, 2.24) is 14.5 Å². The predicted octanol–water partition coefficient (Wildman–Crippen LogP) is 16.8. The number of hydrogen-bond acceptors (Lipinski definition) is 3. The van der Waals surface area contributed by atoms with E-state index in [1.54, 1.807) is 18.2 Å². The molecule has 0 saturated carbocycles. The van der Waals surface area contributed by atoms with Crippen molar-refractivity contribution in [3.05, 3.63) is 217 Å². The average Bonchev–Trinajstić information content (AvgIpc) is 3.96. The summed E-state index contributed by atoms with van der Waals surface area (Å²) in [4.78, 5) is 9.62. The molecule has 10 heteroatoms. The van der Waals surface area contributed by atoms with Gasteiger partial charge in [-0.2, -0.15) is 13.2 Å². The van der Waals surface area contributed by atoms with Crippen molar-refractivity contribution in [3.8, 4) is 61.7 Å². The van der Waals surface area contributed by atoms with E-state index in [0.29, 0.717) is 39.2 Å². The molecule has 0 atom stereocenters. The van der Waals surface area contributed by atoms with Gasteiger partial charge in [0.2, 0.25) is 0 Å². The minimum atomic E-state index is -4.42. The molecule has 11 rings (SSSR count). The number of nitrogens with zero attached hydrogens (tertiary/aromatic N) is 3. The molecule has 1 radical (unpaired) electrons. The molecular formula is C61H47F4IrN3OSi-2. The van der Waals surface area contributed by atoms with Crippen LogP contribution in [0.15, 0.2) is 193 Å². The molecule has 0 unspecified atom stereocenters. The minimum Gasteiger partial charge on any atom is -0.501 e. The molecule has 0 aliphatic rings. The molecule has 3 heterocycles. The Labute approximate surface area is 426 Å². The van der Waals surface area contributed by atoms with Gasteiger partial charge in [0.15, 0.2) is 0 Å². The fourth-order valence-electron chi connectivity index (χ4n) is 8.98. The van der Waals surface area contributed by atoms with Crippen LogP contribution in [0.3, 0.4) is 0 Å². The molecule has 0 saturated heterocycles. The molecule has 11 aromatic rings. The van der Waals surface area contributed by atoms with Crippen LogP contribution in [0.5, 0.6) is 0 Å². The van der Waals surface area contributed by atoms with Crippen LogP contribution in [-0.2, 0) is 26.3 Å². The standard InChI is InChI=1S/C44H25F4N2O.C17H22NSi.Ir/c45-37-15-8-16-38-41(37)50(39-26-31(27-9-3-1-4-10-27)19-23-33(39)29-11-5-2-6-12-29)43(49-38)35-14-7-13-34-36-25-30(20-24-40(36)51-42(34)35)28-17-21-32(22-18-28)44(46,47)48;1-13(2)15-11-16(14-9-7-6-8-10-14)18-12-17(15)19(3,4)5;/h1-13,15-26H;6-9,11-13H,1-5H3;/q2*-1;/i;13D;. The fraction of sp³-hybridized carbons (Fsp3) is 0.115. The van der Waals surface area contributed by atoms with Crippen LogP contribution in [0.25, 0.3) is 94.7 Å². The number of aromatic nitrogens is 3. The van der Waals surface area contributed by atoms with Crippen molar-refractivity contribution in [1.29, 1.82) is 0 Å². The zero-order valence-corrected chi connectivity index (χ0v) is 42.9. The van der Waals surface area contributed by atoms with E-state index < -0.39 is 31.5 Å². The van der Waals surface area contributed by atoms with Crippen LogP contribution in [0.2, 0.25) is 19.6 Å². The van der Waals surface area contributed by atoms with E-state index in [1.165, 1.54) is 23.4 Å². The van der Waals surface area contributed by atoms with Gasteiger partial charge in [0.1, 0.15) is 11.4 Å². The molecule has 0 amide bonds. The van der Waals surface area contributed by atoms with Gasteiger partial charge in [0.25, 0.3) is 0 Å². The average molecular weight is 1140 g/mol. The van der Waals surface area contributed by atoms with E-state index in [9.17, 15) is 13.2 Å². The van der Waals surface area contributed by atoms with Gasteiger partial charge in [-0.3, -0.25) is 4.98 Å². The van der Waals surface area contributed by atoms with Gasteiger partial charge in [0.05, 0.1) is 36.1 Å². The number of alkyl halides is 3. The molecule has 0 spiro atoms. The number of imidazole rings is 1. The maximum absolute atomic E-state index is 16.0. The van der Waals surface area contributed by atoms with E-state index in [-0.39, 0.29) is 20.1 Å². The Morgan fingerprint density at radius 1 is 0.662 bits per heavy atom. The molecule has 0 fully saturated rings. The van der Waals surface area contributed by atoms with E-state index in [4.69, 9.17) is 10.8 Å². The van der Waals surface area contributed by atoms with Crippen LogP contribution < -0.4 is 5.19 Å². The van der Waals surface area contributed by atoms with Crippen molar-refractivity contribution in [3.63, 3.8) is 0 Å². The minimum absolute atomic E-state index is 0. The van der Waals surface area contributed by atoms with Crippen molar-refractivity contribution in [2.24, 2.45) is 0 Å². The number of fused-ring (bicyclic) bond motifs is 4. The van der Waals surface area contributed by atoms with Crippen LogP contribution in [0, 0.1) is 17.9 Å². The molecule has 0 aliphatic heterocycles. The second-order valence-corrected chi connectivity index (χ2v) is 23.5. The van der Waals surface area contributed by atoms with Crippen LogP contribution in [0.4, 0.5) is 17.6 Å². The van der Waals surface area contributed by atoms with Crippen molar-refractivity contribution >= 4 is 46.2 Å². The zero-order valence-electron chi connectivity index (χ0n) is 40.5. The first-order chi connectivity index (χ1) is 34.0. The number of rotatable bonds is 8. The van der Waals surface area contributed by atoms with E-state index in [2.05, 4.69) is 61.0 Å². The van der Waals surface area contributed by atoms with E-state index in [0.717, 1.165) is 73.2 Å². The summed E-state index contributed by atoms with van der Waals surface area (Å²) in [7, 11) is -1.50. The van der Waals surface area contributed by atoms with Gasteiger partial charge in [-0.1, -0.05) is 153 Å². The summed E-state index contributed by atoms with van der Waals surface area (Å²) < 4.78 is 72.5. The van der Waals surface area contributed by atoms with E-state index in [1.807, 2.05) is 134 Å². The van der Waals surface area contributed by atoms with Gasteiger partial charge in [-0.05, 0) is 87.1 Å². The number of furan rings is 1. The van der Waals surface area contributed by atoms with E-state index >= 15 is 4.39 Å². The first-order valence-corrected chi connectivity index (χ1v) is 26.5. The van der Waals surface area contributed by atoms with Gasteiger partial charge < -0.3 is 14.0 Å². The molecule has 4 nitrogen and oxygen atoms in total. The molecule has 3 aromatic heterocycles. The molecular weight excluding hydrogens is 1090 g/mol. The third kappa shape index (κ3) is 9.80. The van der Waals surface area contributed by atoms with Gasteiger partial charge >= 0.3 is 6.18 Å². The summed E-state index contributed by atoms with van der Waals surface area (Å²) in [6.45, 7) is 10.8. The first kappa shape index (κ1) is 47.4. The van der Waals surface area contributed by atoms with Crippen molar-refractivity contribution in [2.45, 2.75) is 45.6 Å². The second-order valence-electron chi connectivity index (χ2n) is 18.5. The molecule has 8 aromatic carbocycles. The van der Waals surface area contributed by atoms with Gasteiger partial charge in [0, 0.05) is 44.3 Å². The Kier molecular flexibility index (Phi) is 13.3. The Balaban J connectivity index is 0.000000257. The number of halogens is 4. The molecule has 0 bridgehead atoms. The number of hydrogen-bond donors (Lipinski definition) is 0. The topological polar surface area (TPSA) is 43.9 Å². The summed E-state index contributed by atoms with van der Waals surface area (Å²) in [5.74, 6) is -0.583. The SMILES string of the molecule is Fc1cccc2nc(-c3[c-]ccc4c3oc3ccc(-c5ccc(C(F)(F)F)cc5)cc34)n(-c3cc(-c4ccccc4)ccc3-c3ccccc3)c12.[2H]C(C)(C)c1cc(-c2[c-]cccc2)ncc1[Si](C)(C)C.[Ir]. The third-order valence-corrected chi connectivity index (χ3v) is 14.5. The van der Waals surface area contributed by atoms with Crippen LogP contribution >= 0.6 is 0 Å². The largest absolute Gasteiger partial charge is 0.501 e. The molecule has 355 valence electrons. The van der Waals surface area contributed by atoms with Gasteiger partial charge in [-0.15, -0.1) is 54.1 Å². The Morgan fingerprint density at radius 3 is 2.00 bits per heavy atom. The van der Waals surface area contributed by atoms with Gasteiger partial charge in [-0.25, -0.2) is 4.39 Å². The van der Waals surface area contributed by atoms with Crippen molar-refractivity contribution < 1.29 is 43.5 Å². The summed E-state index contributed by atoms with van der Waals surface area (Å²) in [6.07, 6.45) is -2.44. The first-order valence-electron chi connectivity index (χ1n) is 23.5.